The zero-order valence-electron chi connectivity index (χ0n) is 20.2. The van der Waals surface area contributed by atoms with E-state index in [2.05, 4.69) is 12.2 Å². The lowest BCUT2D eigenvalue weighted by Crippen LogP contribution is -2.07. The highest BCUT2D eigenvalue weighted by molar-refractivity contribution is 6.32. The maximum atomic E-state index is 10.7. The first-order valence-corrected chi connectivity index (χ1v) is 12.4. The second-order valence-corrected chi connectivity index (χ2v) is 8.77. The van der Waals surface area contributed by atoms with Crippen molar-refractivity contribution in [2.24, 2.45) is 7.05 Å². The summed E-state index contributed by atoms with van der Waals surface area (Å²) in [6, 6.07) is 5.78. The molecule has 0 saturated carbocycles. The van der Waals surface area contributed by atoms with Crippen LogP contribution in [-0.4, -0.2) is 37.4 Å². The second kappa shape index (κ2) is 12.6. The van der Waals surface area contributed by atoms with Crippen LogP contribution < -0.4 is 10.1 Å². The van der Waals surface area contributed by atoms with Gasteiger partial charge >= 0.3 is 5.97 Å². The van der Waals surface area contributed by atoms with Crippen LogP contribution in [-0.2, 0) is 31.2 Å². The molecule has 0 aliphatic heterocycles. The van der Waals surface area contributed by atoms with E-state index in [-0.39, 0.29) is 6.42 Å². The van der Waals surface area contributed by atoms with E-state index < -0.39 is 5.97 Å². The van der Waals surface area contributed by atoms with Gasteiger partial charge in [-0.3, -0.25) is 9.48 Å². The van der Waals surface area contributed by atoms with Gasteiger partial charge in [-0.1, -0.05) is 43.9 Å². The molecule has 0 unspecified atom stereocenters. The molecular weight excluding hydrogens is 454 g/mol. The van der Waals surface area contributed by atoms with E-state index in [1.807, 2.05) is 36.9 Å². The summed E-state index contributed by atoms with van der Waals surface area (Å²) < 4.78 is 7.38. The van der Waals surface area contributed by atoms with Crippen molar-refractivity contribution < 1.29 is 14.6 Å². The minimum absolute atomic E-state index is 0.224. The summed E-state index contributed by atoms with van der Waals surface area (Å²) in [4.78, 5) is 20.4. The standard InChI is InChI=1S/C25H34ClN5O3/c1-4-10-19-23-24(31(3)30-19)25(27-16-17-13-14-20(34-5-2)18(26)15-17)29-21(28-23)11-8-6-7-9-12-22(32)33/h13-15H,4-12,16H2,1-3H3,(H,32,33)(H,27,28,29). The molecule has 8 nitrogen and oxygen atoms in total. The molecule has 0 radical (unpaired) electrons. The Kier molecular flexibility index (Phi) is 9.51. The van der Waals surface area contributed by atoms with Crippen LogP contribution in [0.5, 0.6) is 5.75 Å². The van der Waals surface area contributed by atoms with Gasteiger partial charge in [-0.2, -0.15) is 5.10 Å². The number of carbonyl (C=O) groups is 1. The van der Waals surface area contributed by atoms with Crippen LogP contribution in [0.15, 0.2) is 18.2 Å². The summed E-state index contributed by atoms with van der Waals surface area (Å²) in [5.41, 5.74) is 3.80. The minimum Gasteiger partial charge on any atom is -0.492 e. The molecule has 3 aromatic rings. The number of aliphatic carboxylic acids is 1. The highest BCUT2D eigenvalue weighted by atomic mass is 35.5. The zero-order chi connectivity index (χ0) is 24.5. The van der Waals surface area contributed by atoms with Gasteiger partial charge in [-0.25, -0.2) is 9.97 Å². The molecule has 0 atom stereocenters. The normalized spacial score (nSPS) is 11.2. The van der Waals surface area contributed by atoms with Crippen molar-refractivity contribution in [2.45, 2.75) is 71.8 Å². The Morgan fingerprint density at radius 2 is 1.94 bits per heavy atom. The Morgan fingerprint density at radius 1 is 1.15 bits per heavy atom. The van der Waals surface area contributed by atoms with Crippen molar-refractivity contribution in [1.82, 2.24) is 19.7 Å². The molecule has 184 valence electrons. The van der Waals surface area contributed by atoms with E-state index in [1.165, 1.54) is 0 Å². The van der Waals surface area contributed by atoms with Crippen LogP contribution in [0.4, 0.5) is 5.82 Å². The average Bonchev–Trinajstić information content (AvgIpc) is 3.11. The second-order valence-electron chi connectivity index (χ2n) is 8.37. The topological polar surface area (TPSA) is 102 Å². The molecule has 0 spiro atoms. The van der Waals surface area contributed by atoms with Crippen molar-refractivity contribution in [1.29, 1.82) is 0 Å². The Morgan fingerprint density at radius 3 is 2.65 bits per heavy atom. The molecule has 3 rings (SSSR count). The number of nitrogens with zero attached hydrogens (tertiary/aromatic N) is 4. The molecule has 0 saturated heterocycles. The van der Waals surface area contributed by atoms with Gasteiger partial charge in [0.15, 0.2) is 5.82 Å². The van der Waals surface area contributed by atoms with Gasteiger partial charge in [-0.15, -0.1) is 0 Å². The first-order valence-electron chi connectivity index (χ1n) is 12.0. The number of unbranched alkanes of at least 4 members (excludes halogenated alkanes) is 3. The van der Waals surface area contributed by atoms with E-state index >= 15 is 0 Å². The molecule has 0 fully saturated rings. The van der Waals surface area contributed by atoms with Gasteiger partial charge in [0.1, 0.15) is 22.6 Å². The first-order chi connectivity index (χ1) is 16.4. The number of rotatable bonds is 14. The minimum atomic E-state index is -0.738. The van der Waals surface area contributed by atoms with Crippen molar-refractivity contribution >= 4 is 34.4 Å². The Bertz CT molecular complexity index is 1120. The largest absolute Gasteiger partial charge is 0.492 e. The monoisotopic (exact) mass is 487 g/mol. The van der Waals surface area contributed by atoms with Crippen LogP contribution in [0, 0.1) is 0 Å². The predicted molar refractivity (Wildman–Crippen MR) is 135 cm³/mol. The van der Waals surface area contributed by atoms with Crippen LogP contribution in [0.25, 0.3) is 11.0 Å². The summed E-state index contributed by atoms with van der Waals surface area (Å²) in [6.45, 7) is 5.19. The maximum absolute atomic E-state index is 10.7. The molecule has 34 heavy (non-hydrogen) atoms. The van der Waals surface area contributed by atoms with Gasteiger partial charge in [0.25, 0.3) is 0 Å². The molecule has 2 heterocycles. The van der Waals surface area contributed by atoms with Gasteiger partial charge < -0.3 is 15.2 Å². The molecule has 2 N–H and O–H groups in total. The number of aromatic nitrogens is 4. The fraction of sp³-hybridized carbons (Fsp3) is 0.520. The number of benzene rings is 1. The van der Waals surface area contributed by atoms with Crippen molar-refractivity contribution in [2.75, 3.05) is 11.9 Å². The average molecular weight is 488 g/mol. The number of hydrogen-bond acceptors (Lipinski definition) is 6. The van der Waals surface area contributed by atoms with Crippen LogP contribution in [0.2, 0.25) is 5.02 Å². The van der Waals surface area contributed by atoms with Crippen LogP contribution in [0.1, 0.15) is 69.5 Å². The van der Waals surface area contributed by atoms with Crippen LogP contribution >= 0.6 is 11.6 Å². The van der Waals surface area contributed by atoms with Gasteiger partial charge in [0.05, 0.1) is 17.3 Å². The number of aryl methyl sites for hydroxylation is 3. The smallest absolute Gasteiger partial charge is 0.303 e. The predicted octanol–water partition coefficient (Wildman–Crippen LogP) is 5.56. The zero-order valence-corrected chi connectivity index (χ0v) is 21.0. The SMILES string of the molecule is CCCc1nn(C)c2c(NCc3ccc(OCC)c(Cl)c3)nc(CCCCCCC(=O)O)nc12. The summed E-state index contributed by atoms with van der Waals surface area (Å²) in [6.07, 6.45) is 6.29. The first kappa shape index (κ1) is 25.7. The number of hydrogen-bond donors (Lipinski definition) is 2. The summed E-state index contributed by atoms with van der Waals surface area (Å²) >= 11 is 6.36. The van der Waals surface area contributed by atoms with E-state index in [1.54, 1.807) is 0 Å². The fourth-order valence-electron chi connectivity index (χ4n) is 3.95. The highest BCUT2D eigenvalue weighted by Crippen LogP contribution is 2.28. The molecule has 9 heteroatoms. The lowest BCUT2D eigenvalue weighted by atomic mass is 10.1. The van der Waals surface area contributed by atoms with E-state index in [4.69, 9.17) is 36.5 Å². The summed E-state index contributed by atoms with van der Waals surface area (Å²) in [5, 5.41) is 17.5. The Hall–Kier alpha value is -2.87. The number of carboxylic acid groups (broad SMARTS) is 1. The third-order valence-corrected chi connectivity index (χ3v) is 5.88. The molecule has 2 aromatic heterocycles. The van der Waals surface area contributed by atoms with E-state index in [0.717, 1.165) is 72.5 Å². The summed E-state index contributed by atoms with van der Waals surface area (Å²) in [7, 11) is 1.92. The third kappa shape index (κ3) is 6.82. The van der Waals surface area contributed by atoms with Gasteiger partial charge in [0.2, 0.25) is 0 Å². The van der Waals surface area contributed by atoms with Crippen molar-refractivity contribution in [3.05, 3.63) is 40.3 Å². The third-order valence-electron chi connectivity index (χ3n) is 5.58. The lowest BCUT2D eigenvalue weighted by molar-refractivity contribution is -0.137. The summed E-state index contributed by atoms with van der Waals surface area (Å²) in [5.74, 6) is 1.48. The molecule has 0 aliphatic rings. The van der Waals surface area contributed by atoms with Crippen molar-refractivity contribution in [3.63, 3.8) is 0 Å². The molecule has 0 bridgehead atoms. The molecule has 1 aromatic carbocycles. The lowest BCUT2D eigenvalue weighted by Gasteiger charge is -2.12. The quantitative estimate of drug-likeness (QED) is 0.287. The van der Waals surface area contributed by atoms with E-state index in [9.17, 15) is 4.79 Å². The fourth-order valence-corrected chi connectivity index (χ4v) is 4.21. The molecule has 0 aliphatic carbocycles. The number of anilines is 1. The molecule has 0 amide bonds. The van der Waals surface area contributed by atoms with Gasteiger partial charge in [0, 0.05) is 26.4 Å². The van der Waals surface area contributed by atoms with Gasteiger partial charge in [-0.05, 0) is 43.9 Å². The number of nitrogens with one attached hydrogen (secondary N) is 1. The number of halogens is 1. The van der Waals surface area contributed by atoms with E-state index in [0.29, 0.717) is 30.3 Å². The molecular formula is C25H34ClN5O3. The highest BCUT2D eigenvalue weighted by Gasteiger charge is 2.17. The maximum Gasteiger partial charge on any atom is 0.303 e. The van der Waals surface area contributed by atoms with Crippen molar-refractivity contribution in [3.8, 4) is 5.75 Å². The Balaban J connectivity index is 1.78. The number of ether oxygens (including phenoxy) is 1. The number of fused-ring (bicyclic) bond motifs is 1. The number of carboxylic acids is 1. The Labute approximate surface area is 205 Å². The van der Waals surface area contributed by atoms with Crippen LogP contribution in [0.3, 0.4) is 0 Å².